The second kappa shape index (κ2) is 3.44. The molecule has 0 aromatic heterocycles. The van der Waals surface area contributed by atoms with E-state index in [-0.39, 0.29) is 5.88 Å². The highest BCUT2D eigenvalue weighted by molar-refractivity contribution is 6.29. The highest BCUT2D eigenvalue weighted by atomic mass is 35.5. The van der Waals surface area contributed by atoms with Crippen LogP contribution in [0.3, 0.4) is 0 Å². The molecule has 0 heterocycles. The Bertz CT molecular complexity index is 55.8. The van der Waals surface area contributed by atoms with Gasteiger partial charge in [0.15, 0.2) is 5.29 Å². The molecule has 3 heteroatoms. The predicted octanol–water partition coefficient (Wildman–Crippen LogP) is 2.27. The molecule has 0 bridgehead atoms. The zero-order valence-corrected chi connectivity index (χ0v) is 4.43. The van der Waals surface area contributed by atoms with Gasteiger partial charge in [0.05, 0.1) is 0 Å². The van der Waals surface area contributed by atoms with Gasteiger partial charge in [-0.1, -0.05) is 11.6 Å². The van der Waals surface area contributed by atoms with E-state index in [0.717, 1.165) is 6.08 Å². The zero-order chi connectivity index (χ0) is 4.99. The van der Waals surface area contributed by atoms with E-state index in [1.54, 1.807) is 0 Å². The van der Waals surface area contributed by atoms with Crippen LogP contribution in [-0.4, -0.2) is 5.88 Å². The van der Waals surface area contributed by atoms with Crippen LogP contribution in [0.2, 0.25) is 0 Å². The summed E-state index contributed by atoms with van der Waals surface area (Å²) in [5.41, 5.74) is 0. The fraction of sp³-hybridized carbons (Fsp3) is 0.333. The first-order valence-corrected chi connectivity index (χ1v) is 2.25. The summed E-state index contributed by atoms with van der Waals surface area (Å²) in [5, 5.41) is -0.745. The second-order valence-electron chi connectivity index (χ2n) is 0.648. The summed E-state index contributed by atoms with van der Waals surface area (Å²) in [7, 11) is 0. The molecule has 0 radical (unpaired) electrons. The lowest BCUT2D eigenvalue weighted by atomic mass is 10.7. The average molecular weight is 129 g/mol. The van der Waals surface area contributed by atoms with E-state index in [2.05, 4.69) is 11.6 Å². The molecule has 0 N–H and O–H groups in total. The third-order valence-corrected chi connectivity index (χ3v) is 0.540. The van der Waals surface area contributed by atoms with Crippen LogP contribution >= 0.6 is 23.2 Å². The number of allylic oxidation sites excluding steroid dienone is 1. The highest BCUT2D eigenvalue weighted by Gasteiger charge is 1.77. The van der Waals surface area contributed by atoms with Crippen molar-refractivity contribution >= 4 is 23.2 Å². The lowest BCUT2D eigenvalue weighted by Crippen LogP contribution is -1.57. The number of alkyl halides is 1. The Morgan fingerprint density at radius 3 is 2.33 bits per heavy atom. The molecule has 0 aliphatic rings. The molecule has 0 amide bonds. The standard InChI is InChI=1S/C3H3Cl2F/c4-2-1-3(5)6/h1H,2H2/b3-1-. The smallest absolute Gasteiger partial charge is 0.186 e. The van der Waals surface area contributed by atoms with Gasteiger partial charge in [0.2, 0.25) is 0 Å². The summed E-state index contributed by atoms with van der Waals surface area (Å²) in [6.45, 7) is 0. The van der Waals surface area contributed by atoms with Crippen molar-refractivity contribution in [3.8, 4) is 0 Å². The normalized spacial score (nSPS) is 12.2. The zero-order valence-electron chi connectivity index (χ0n) is 2.92. The molecular weight excluding hydrogens is 126 g/mol. The van der Waals surface area contributed by atoms with Gasteiger partial charge in [0.25, 0.3) is 0 Å². The number of rotatable bonds is 1. The van der Waals surface area contributed by atoms with Crippen LogP contribution < -0.4 is 0 Å². The molecule has 0 aromatic carbocycles. The topological polar surface area (TPSA) is 0 Å². The van der Waals surface area contributed by atoms with Crippen molar-refractivity contribution in [3.63, 3.8) is 0 Å². The Balaban J connectivity index is 3.14. The molecule has 0 fully saturated rings. The molecule has 0 spiro atoms. The number of hydrogen-bond acceptors (Lipinski definition) is 0. The van der Waals surface area contributed by atoms with E-state index in [4.69, 9.17) is 11.6 Å². The summed E-state index contributed by atoms with van der Waals surface area (Å²) in [6.07, 6.45) is 1.07. The fourth-order valence-electron chi connectivity index (χ4n) is 0.0583. The molecule has 0 unspecified atom stereocenters. The van der Waals surface area contributed by atoms with Gasteiger partial charge in [-0.25, -0.2) is 0 Å². The molecule has 36 valence electrons. The first-order valence-electron chi connectivity index (χ1n) is 1.34. The van der Waals surface area contributed by atoms with Gasteiger partial charge < -0.3 is 0 Å². The minimum Gasteiger partial charge on any atom is -0.194 e. The van der Waals surface area contributed by atoms with Gasteiger partial charge in [-0.15, -0.1) is 11.6 Å². The van der Waals surface area contributed by atoms with Crippen LogP contribution in [0.4, 0.5) is 4.39 Å². The van der Waals surface area contributed by atoms with Gasteiger partial charge >= 0.3 is 0 Å². The van der Waals surface area contributed by atoms with Crippen molar-refractivity contribution in [2.24, 2.45) is 0 Å². The molecule has 0 saturated carbocycles. The average Bonchev–Trinajstić information content (AvgIpc) is 1.35. The summed E-state index contributed by atoms with van der Waals surface area (Å²) in [5.74, 6) is 0.134. The second-order valence-corrected chi connectivity index (χ2v) is 1.32. The Morgan fingerprint density at radius 2 is 2.33 bits per heavy atom. The minimum absolute atomic E-state index is 0.134. The quantitative estimate of drug-likeness (QED) is 0.476. The molecular formula is C3H3Cl2F. The van der Waals surface area contributed by atoms with Crippen LogP contribution in [-0.2, 0) is 0 Å². The molecule has 0 rings (SSSR count). The molecule has 0 saturated heterocycles. The van der Waals surface area contributed by atoms with Crippen LogP contribution in [0, 0.1) is 0 Å². The van der Waals surface area contributed by atoms with Crippen LogP contribution in [0.5, 0.6) is 0 Å². The van der Waals surface area contributed by atoms with Crippen molar-refractivity contribution in [3.05, 3.63) is 11.4 Å². The molecule has 0 aliphatic heterocycles. The van der Waals surface area contributed by atoms with Gasteiger partial charge in [0, 0.05) is 5.88 Å². The van der Waals surface area contributed by atoms with E-state index in [1.165, 1.54) is 0 Å². The predicted molar refractivity (Wildman–Crippen MR) is 25.8 cm³/mol. The minimum atomic E-state index is -0.745. The maximum Gasteiger partial charge on any atom is 0.186 e. The van der Waals surface area contributed by atoms with E-state index >= 15 is 0 Å². The molecule has 0 atom stereocenters. The maximum absolute atomic E-state index is 11.2. The number of hydrogen-bond donors (Lipinski definition) is 0. The fourth-order valence-corrected chi connectivity index (χ4v) is 0.350. The third kappa shape index (κ3) is 4.25. The Hall–Kier alpha value is 0.250. The van der Waals surface area contributed by atoms with Crippen LogP contribution in [0.25, 0.3) is 0 Å². The van der Waals surface area contributed by atoms with E-state index in [1.807, 2.05) is 0 Å². The van der Waals surface area contributed by atoms with Crippen LogP contribution in [0.15, 0.2) is 11.4 Å². The largest absolute Gasteiger partial charge is 0.194 e. The van der Waals surface area contributed by atoms with E-state index in [9.17, 15) is 4.39 Å². The van der Waals surface area contributed by atoms with E-state index < -0.39 is 5.29 Å². The lowest BCUT2D eigenvalue weighted by Gasteiger charge is -1.71. The van der Waals surface area contributed by atoms with Crippen molar-refractivity contribution in [2.45, 2.75) is 0 Å². The van der Waals surface area contributed by atoms with Crippen molar-refractivity contribution < 1.29 is 4.39 Å². The van der Waals surface area contributed by atoms with Crippen molar-refractivity contribution in [1.29, 1.82) is 0 Å². The molecule has 0 nitrogen and oxygen atoms in total. The first kappa shape index (κ1) is 6.25. The molecule has 0 aromatic rings. The Kier molecular flexibility index (Phi) is 3.58. The van der Waals surface area contributed by atoms with E-state index in [0.29, 0.717) is 0 Å². The number of halogens is 3. The van der Waals surface area contributed by atoms with Crippen molar-refractivity contribution in [2.75, 3.05) is 5.88 Å². The van der Waals surface area contributed by atoms with Crippen molar-refractivity contribution in [1.82, 2.24) is 0 Å². The summed E-state index contributed by atoms with van der Waals surface area (Å²) in [6, 6.07) is 0. The summed E-state index contributed by atoms with van der Waals surface area (Å²) < 4.78 is 11.2. The summed E-state index contributed by atoms with van der Waals surface area (Å²) >= 11 is 9.68. The van der Waals surface area contributed by atoms with Crippen LogP contribution in [0.1, 0.15) is 0 Å². The first-order chi connectivity index (χ1) is 2.77. The molecule has 0 aliphatic carbocycles. The SMILES string of the molecule is F/C(Cl)=C\CCl. The van der Waals surface area contributed by atoms with Gasteiger partial charge in [-0.3, -0.25) is 0 Å². The Labute approximate surface area is 45.6 Å². The third-order valence-electron chi connectivity index (χ3n) is 0.231. The van der Waals surface area contributed by atoms with Gasteiger partial charge in [0.1, 0.15) is 0 Å². The van der Waals surface area contributed by atoms with Gasteiger partial charge in [-0.2, -0.15) is 4.39 Å². The molecule has 6 heavy (non-hydrogen) atoms. The Morgan fingerprint density at radius 1 is 1.83 bits per heavy atom. The van der Waals surface area contributed by atoms with Gasteiger partial charge in [-0.05, 0) is 6.08 Å². The summed E-state index contributed by atoms with van der Waals surface area (Å²) in [4.78, 5) is 0. The monoisotopic (exact) mass is 128 g/mol. The maximum atomic E-state index is 11.2. The lowest BCUT2D eigenvalue weighted by molar-refractivity contribution is 0.693. The highest BCUT2D eigenvalue weighted by Crippen LogP contribution is 2.00.